The first-order valence-corrected chi connectivity index (χ1v) is 3.44. The minimum Gasteiger partial charge on any atom is -0.378 e. The first-order valence-electron chi connectivity index (χ1n) is 6.94. The molecule has 1 fully saturated rings. The van der Waals surface area contributed by atoms with Gasteiger partial charge in [0, 0.05) is 9.60 Å². The number of nitriles is 1. The zero-order chi connectivity index (χ0) is 14.6. The van der Waals surface area contributed by atoms with Crippen molar-refractivity contribution in [3.8, 4) is 6.07 Å². The van der Waals surface area contributed by atoms with E-state index in [0.29, 0.717) is 0 Å². The molecule has 2 heteroatoms. The fourth-order valence-corrected chi connectivity index (χ4v) is 0.814. The Hall–Kier alpha value is -0.550. The zero-order valence-electron chi connectivity index (χ0n) is 13.3. The van der Waals surface area contributed by atoms with Crippen molar-refractivity contribution in [3.05, 3.63) is 0 Å². The summed E-state index contributed by atoms with van der Waals surface area (Å²) in [6.45, 7) is 1.41. The van der Waals surface area contributed by atoms with Gasteiger partial charge in [-0.15, -0.1) is 0 Å². The van der Waals surface area contributed by atoms with E-state index in [1.807, 2.05) is 0 Å². The highest BCUT2D eigenvalue weighted by Crippen LogP contribution is 2.32. The third-order valence-electron chi connectivity index (χ3n) is 1.62. The van der Waals surface area contributed by atoms with Crippen molar-refractivity contribution in [2.24, 2.45) is 11.8 Å². The van der Waals surface area contributed by atoms with Crippen molar-refractivity contribution >= 4 is 0 Å². The van der Waals surface area contributed by atoms with Gasteiger partial charge in [-0.05, 0) is 18.2 Å². The number of hydrogen-bond donors (Lipinski definition) is 1. The summed E-state index contributed by atoms with van der Waals surface area (Å²) in [5.74, 6) is -3.13. The minimum atomic E-state index is -2.76. The van der Waals surface area contributed by atoms with E-state index >= 15 is 0 Å². The maximum absolute atomic E-state index is 9.30. The Kier molecular flexibility index (Phi) is 1.04. The molecule has 0 aromatic rings. The standard InChI is InChI=1S/C9H15NO/c1-7(9(11)6-10)5-8-3-2-4-8/h7-9,11H,2-5H2,1H3/i2D2,3D2,4D2,8D. The van der Waals surface area contributed by atoms with Gasteiger partial charge in [-0.25, -0.2) is 0 Å². The van der Waals surface area contributed by atoms with Gasteiger partial charge in [0.05, 0.1) is 6.07 Å². The SMILES string of the molecule is [2H]C1([2H])C([2H])([2H])C([2H])(CC(C)C(O)C#N)C1([2H])[2H]. The normalized spacial score (nSPS) is 49.4. The Morgan fingerprint density at radius 1 is 1.91 bits per heavy atom. The summed E-state index contributed by atoms with van der Waals surface area (Å²) < 4.78 is 53.0. The van der Waals surface area contributed by atoms with Crippen molar-refractivity contribution < 1.29 is 14.7 Å². The summed E-state index contributed by atoms with van der Waals surface area (Å²) in [6.07, 6.45) is -9.97. The highest BCUT2D eigenvalue weighted by Gasteiger charge is 2.23. The molecule has 0 spiro atoms. The van der Waals surface area contributed by atoms with E-state index in [2.05, 4.69) is 0 Å². The molecule has 62 valence electrons. The van der Waals surface area contributed by atoms with E-state index in [1.54, 1.807) is 6.07 Å². The summed E-state index contributed by atoms with van der Waals surface area (Å²) >= 11 is 0. The van der Waals surface area contributed by atoms with Gasteiger partial charge in [0.1, 0.15) is 6.10 Å². The lowest BCUT2D eigenvalue weighted by Crippen LogP contribution is -2.22. The first-order chi connectivity index (χ1) is 7.87. The first kappa shape index (κ1) is 3.06. The number of hydrogen-bond acceptors (Lipinski definition) is 2. The number of aliphatic hydroxyl groups excluding tert-OH is 1. The van der Waals surface area contributed by atoms with Gasteiger partial charge in [0.15, 0.2) is 0 Å². The number of rotatable bonds is 3. The van der Waals surface area contributed by atoms with Crippen molar-refractivity contribution in [2.75, 3.05) is 0 Å². The average molecular weight is 160 g/mol. The topological polar surface area (TPSA) is 44.0 Å². The predicted molar refractivity (Wildman–Crippen MR) is 42.7 cm³/mol. The summed E-state index contributed by atoms with van der Waals surface area (Å²) in [7, 11) is 0. The van der Waals surface area contributed by atoms with Crippen molar-refractivity contribution in [3.63, 3.8) is 0 Å². The Morgan fingerprint density at radius 2 is 2.55 bits per heavy atom. The van der Waals surface area contributed by atoms with Crippen molar-refractivity contribution in [2.45, 2.75) is 38.6 Å². The number of aliphatic hydroxyl groups is 1. The third kappa shape index (κ3) is 2.20. The van der Waals surface area contributed by atoms with E-state index in [0.717, 1.165) is 0 Å². The van der Waals surface area contributed by atoms with E-state index in [4.69, 9.17) is 14.9 Å². The summed E-state index contributed by atoms with van der Waals surface area (Å²) in [6, 6.07) is 1.54. The molecule has 0 amide bonds. The van der Waals surface area contributed by atoms with Crippen LogP contribution in [-0.2, 0) is 0 Å². The van der Waals surface area contributed by atoms with E-state index in [1.165, 1.54) is 6.92 Å². The quantitative estimate of drug-likeness (QED) is 0.638. The molecule has 0 aromatic carbocycles. The van der Waals surface area contributed by atoms with Gasteiger partial charge in [0.2, 0.25) is 0 Å². The molecule has 2 nitrogen and oxygen atoms in total. The van der Waals surface area contributed by atoms with Crippen LogP contribution >= 0.6 is 0 Å². The molecule has 1 saturated carbocycles. The molecule has 0 aliphatic heterocycles. The highest BCUT2D eigenvalue weighted by molar-refractivity contribution is 4.87. The molecule has 0 heterocycles. The van der Waals surface area contributed by atoms with Crippen LogP contribution in [0.5, 0.6) is 0 Å². The van der Waals surface area contributed by atoms with Gasteiger partial charge < -0.3 is 5.11 Å². The second kappa shape index (κ2) is 3.73. The molecule has 0 aromatic heterocycles. The van der Waals surface area contributed by atoms with Gasteiger partial charge in [-0.1, -0.05) is 26.0 Å². The van der Waals surface area contributed by atoms with Crippen LogP contribution < -0.4 is 0 Å². The Labute approximate surface area is 77.7 Å². The van der Waals surface area contributed by atoms with Crippen LogP contribution in [-0.4, -0.2) is 11.2 Å². The Balaban J connectivity index is 3.05. The van der Waals surface area contributed by atoms with Gasteiger partial charge in [0.25, 0.3) is 0 Å². The average Bonchev–Trinajstić information content (AvgIpc) is 2.25. The molecule has 2 atom stereocenters. The Bertz CT molecular complexity index is 371. The molecular weight excluding hydrogens is 138 g/mol. The zero-order valence-corrected chi connectivity index (χ0v) is 6.26. The summed E-state index contributed by atoms with van der Waals surface area (Å²) in [5.41, 5.74) is 0. The Morgan fingerprint density at radius 3 is 3.09 bits per heavy atom. The number of nitrogens with zero attached hydrogens (tertiary/aromatic N) is 1. The fourth-order valence-electron chi connectivity index (χ4n) is 0.814. The van der Waals surface area contributed by atoms with Crippen molar-refractivity contribution in [1.82, 2.24) is 0 Å². The van der Waals surface area contributed by atoms with Gasteiger partial charge in [-0.3, -0.25) is 0 Å². The van der Waals surface area contributed by atoms with Crippen LogP contribution in [0.15, 0.2) is 0 Å². The summed E-state index contributed by atoms with van der Waals surface area (Å²) in [4.78, 5) is 0. The molecule has 0 bridgehead atoms. The lowest BCUT2D eigenvalue weighted by atomic mass is 9.78. The smallest absolute Gasteiger partial charge is 0.143 e. The molecule has 0 saturated heterocycles. The third-order valence-corrected chi connectivity index (χ3v) is 1.62. The maximum atomic E-state index is 9.30. The van der Waals surface area contributed by atoms with Crippen LogP contribution in [0.25, 0.3) is 0 Å². The van der Waals surface area contributed by atoms with Crippen LogP contribution in [0.1, 0.15) is 42.1 Å². The van der Waals surface area contributed by atoms with Crippen LogP contribution in [0.4, 0.5) is 0 Å². The molecule has 1 N–H and O–H groups in total. The fraction of sp³-hybridized carbons (Fsp3) is 0.889. The van der Waals surface area contributed by atoms with Crippen LogP contribution in [0, 0.1) is 23.1 Å². The van der Waals surface area contributed by atoms with Gasteiger partial charge >= 0.3 is 0 Å². The van der Waals surface area contributed by atoms with E-state index in [-0.39, 0.29) is 0 Å². The largest absolute Gasteiger partial charge is 0.378 e. The van der Waals surface area contributed by atoms with Crippen LogP contribution in [0.2, 0.25) is 0 Å². The molecule has 1 aliphatic carbocycles. The van der Waals surface area contributed by atoms with Crippen molar-refractivity contribution in [1.29, 1.82) is 5.26 Å². The second-order valence-electron chi connectivity index (χ2n) is 2.61. The van der Waals surface area contributed by atoms with E-state index < -0.39 is 43.5 Å². The monoisotopic (exact) mass is 160 g/mol. The van der Waals surface area contributed by atoms with E-state index in [9.17, 15) is 5.11 Å². The lowest BCUT2D eigenvalue weighted by Gasteiger charge is -2.28. The molecular formula is C9H15NO. The van der Waals surface area contributed by atoms with Gasteiger partial charge in [-0.2, -0.15) is 5.26 Å². The predicted octanol–water partition coefficient (Wildman–Crippen LogP) is 1.70. The minimum absolute atomic E-state index is 0.429. The molecule has 11 heavy (non-hydrogen) atoms. The molecule has 0 radical (unpaired) electrons. The summed E-state index contributed by atoms with van der Waals surface area (Å²) in [5, 5.41) is 17.8. The van der Waals surface area contributed by atoms with Crippen LogP contribution in [0.3, 0.4) is 0 Å². The lowest BCUT2D eigenvalue weighted by molar-refractivity contribution is 0.133. The molecule has 1 rings (SSSR count). The maximum Gasteiger partial charge on any atom is 0.143 e. The highest BCUT2D eigenvalue weighted by atomic mass is 16.3. The molecule has 1 aliphatic rings. The molecule has 2 unspecified atom stereocenters. The second-order valence-corrected chi connectivity index (χ2v) is 2.61.